The third kappa shape index (κ3) is 4.30. The zero-order valence-corrected chi connectivity index (χ0v) is 18.1. The van der Waals surface area contributed by atoms with E-state index >= 15 is 0 Å². The Morgan fingerprint density at radius 3 is 2.71 bits per heavy atom. The summed E-state index contributed by atoms with van der Waals surface area (Å²) in [5.41, 5.74) is -0.800. The van der Waals surface area contributed by atoms with E-state index in [0.717, 1.165) is 5.69 Å². The Kier molecular flexibility index (Phi) is 6.40. The van der Waals surface area contributed by atoms with Gasteiger partial charge < -0.3 is 14.8 Å². The van der Waals surface area contributed by atoms with Gasteiger partial charge in [0.2, 0.25) is 0 Å². The van der Waals surface area contributed by atoms with Crippen molar-refractivity contribution in [3.05, 3.63) is 60.4 Å². The van der Waals surface area contributed by atoms with Crippen LogP contribution in [0.15, 0.2) is 49.7 Å². The van der Waals surface area contributed by atoms with Crippen molar-refractivity contribution in [2.75, 3.05) is 11.9 Å². The van der Waals surface area contributed by atoms with Gasteiger partial charge in [-0.25, -0.2) is 4.68 Å². The van der Waals surface area contributed by atoms with Crippen molar-refractivity contribution in [2.45, 2.75) is 44.3 Å². The molecule has 1 N–H and O–H groups in total. The molecule has 166 valence electrons. The van der Waals surface area contributed by atoms with E-state index in [1.807, 2.05) is 13.8 Å². The summed E-state index contributed by atoms with van der Waals surface area (Å²) in [7, 11) is 0. The molecule has 0 atom stereocenters. The largest absolute Gasteiger partial charge is 0.489 e. The Labute approximate surface area is 184 Å². The summed E-state index contributed by atoms with van der Waals surface area (Å²) in [6.07, 6.45) is 5.23. The number of rotatable bonds is 9. The Morgan fingerprint density at radius 1 is 1.42 bits per heavy atom. The minimum Gasteiger partial charge on any atom is -0.489 e. The molecule has 2 aromatic rings. The highest BCUT2D eigenvalue weighted by Crippen LogP contribution is 2.43. The number of carbonyl (C=O) groups is 1. The highest BCUT2D eigenvalue weighted by molar-refractivity contribution is 6.30. The fourth-order valence-electron chi connectivity index (χ4n) is 3.76. The molecule has 1 amide bonds. The minimum absolute atomic E-state index is 0.0616. The van der Waals surface area contributed by atoms with Crippen molar-refractivity contribution in [3.8, 4) is 11.5 Å². The number of benzene rings is 1. The third-order valence-electron chi connectivity index (χ3n) is 5.17. The van der Waals surface area contributed by atoms with Crippen LogP contribution in [-0.4, -0.2) is 28.9 Å². The van der Waals surface area contributed by atoms with Crippen molar-refractivity contribution >= 4 is 23.2 Å². The molecule has 1 aromatic carbocycles. The quantitative estimate of drug-likeness (QED) is 0.526. The minimum atomic E-state index is -3.08. The van der Waals surface area contributed by atoms with E-state index in [2.05, 4.69) is 28.3 Å². The van der Waals surface area contributed by atoms with E-state index in [1.54, 1.807) is 23.0 Å². The van der Waals surface area contributed by atoms with Crippen LogP contribution in [0.1, 0.15) is 32.4 Å². The lowest BCUT2D eigenvalue weighted by molar-refractivity contribution is -0.125. The molecule has 3 rings (SSSR count). The molecule has 0 aliphatic carbocycles. The second kappa shape index (κ2) is 8.70. The summed E-state index contributed by atoms with van der Waals surface area (Å²) in [5, 5.41) is 7.36. The molecule has 0 unspecified atom stereocenters. The van der Waals surface area contributed by atoms with Crippen LogP contribution < -0.4 is 14.8 Å². The van der Waals surface area contributed by atoms with Crippen LogP contribution >= 0.6 is 11.6 Å². The van der Waals surface area contributed by atoms with Crippen LogP contribution in [0.4, 0.5) is 14.5 Å². The smallest absolute Gasteiger partial charge is 0.387 e. The molecular formula is C22H24ClF2N3O3. The Balaban J connectivity index is 2.08. The molecule has 2 heterocycles. The van der Waals surface area contributed by atoms with Crippen molar-refractivity contribution in [2.24, 2.45) is 0 Å². The number of carbonyl (C=O) groups excluding carboxylic acids is 1. The van der Waals surface area contributed by atoms with Crippen molar-refractivity contribution in [1.29, 1.82) is 0 Å². The Morgan fingerprint density at radius 2 is 2.10 bits per heavy atom. The molecule has 1 aliphatic heterocycles. The van der Waals surface area contributed by atoms with Gasteiger partial charge in [-0.2, -0.15) is 13.9 Å². The van der Waals surface area contributed by atoms with Gasteiger partial charge in [0.05, 0.1) is 24.2 Å². The van der Waals surface area contributed by atoms with E-state index in [-0.39, 0.29) is 34.7 Å². The number of alkyl halides is 2. The van der Waals surface area contributed by atoms with E-state index in [1.165, 1.54) is 18.2 Å². The average Bonchev–Trinajstić information content (AvgIpc) is 3.25. The summed E-state index contributed by atoms with van der Waals surface area (Å²) in [5.74, 6) is -0.123. The summed E-state index contributed by atoms with van der Waals surface area (Å²) >= 11 is 5.91. The van der Waals surface area contributed by atoms with Crippen molar-refractivity contribution in [3.63, 3.8) is 0 Å². The predicted octanol–water partition coefficient (Wildman–Crippen LogP) is 5.29. The molecular weight excluding hydrogens is 428 g/mol. The molecule has 0 bridgehead atoms. The normalized spacial score (nSPS) is 14.6. The SMILES string of the molecule is C=CCC(CC=C)(C(=O)Nc1ccc(Cl)cc1OC(F)F)n1ncc2c1C(C)(C)CO2. The molecule has 9 heteroatoms. The lowest BCUT2D eigenvalue weighted by Gasteiger charge is -2.34. The number of fused-ring (bicyclic) bond motifs is 1. The zero-order chi connectivity index (χ0) is 22.8. The summed E-state index contributed by atoms with van der Waals surface area (Å²) in [6.45, 7) is 8.96. The van der Waals surface area contributed by atoms with Crippen LogP contribution in [0.3, 0.4) is 0 Å². The van der Waals surface area contributed by atoms with Crippen LogP contribution in [0, 0.1) is 0 Å². The van der Waals surface area contributed by atoms with Crippen LogP contribution in [0.5, 0.6) is 11.5 Å². The van der Waals surface area contributed by atoms with Crippen LogP contribution in [0.2, 0.25) is 5.02 Å². The number of halogens is 3. The molecule has 31 heavy (non-hydrogen) atoms. The number of ether oxygens (including phenoxy) is 2. The first-order valence-electron chi connectivity index (χ1n) is 9.64. The van der Waals surface area contributed by atoms with E-state index in [9.17, 15) is 13.6 Å². The monoisotopic (exact) mass is 451 g/mol. The maximum Gasteiger partial charge on any atom is 0.387 e. The number of nitrogens with zero attached hydrogens (tertiary/aromatic N) is 2. The third-order valence-corrected chi connectivity index (χ3v) is 5.40. The van der Waals surface area contributed by atoms with Gasteiger partial charge in [0, 0.05) is 16.5 Å². The molecule has 0 fully saturated rings. The van der Waals surface area contributed by atoms with E-state index in [0.29, 0.717) is 12.4 Å². The molecule has 0 spiro atoms. The van der Waals surface area contributed by atoms with Gasteiger partial charge in [-0.05, 0) is 25.0 Å². The second-order valence-electron chi connectivity index (χ2n) is 7.93. The van der Waals surface area contributed by atoms with Gasteiger partial charge in [0.1, 0.15) is 5.54 Å². The molecule has 0 saturated carbocycles. The number of amides is 1. The van der Waals surface area contributed by atoms with Crippen LogP contribution in [-0.2, 0) is 15.7 Å². The summed E-state index contributed by atoms with van der Waals surface area (Å²) in [6, 6.07) is 4.10. The first-order valence-corrected chi connectivity index (χ1v) is 10.0. The van der Waals surface area contributed by atoms with Gasteiger partial charge in [0.25, 0.3) is 5.91 Å². The van der Waals surface area contributed by atoms with E-state index in [4.69, 9.17) is 16.3 Å². The fraction of sp³-hybridized carbons (Fsp3) is 0.364. The molecule has 1 aromatic heterocycles. The predicted molar refractivity (Wildman–Crippen MR) is 115 cm³/mol. The topological polar surface area (TPSA) is 65.4 Å². The second-order valence-corrected chi connectivity index (χ2v) is 8.37. The van der Waals surface area contributed by atoms with Crippen molar-refractivity contribution in [1.82, 2.24) is 9.78 Å². The lowest BCUT2D eigenvalue weighted by Crippen LogP contribution is -2.47. The molecule has 0 saturated heterocycles. The number of allylic oxidation sites excluding steroid dienone is 2. The standard InChI is InChI=1S/C22H24ClF2N3O3/c1-5-9-22(10-6-2,28-18-17(12-26-28)30-13-21(18,3)4)19(29)27-15-8-7-14(23)11-16(15)31-20(24)25/h5-8,11-12,20H,1-2,9-10,13H2,3-4H3,(H,27,29). The van der Waals surface area contributed by atoms with Gasteiger partial charge in [0.15, 0.2) is 11.5 Å². The first kappa shape index (κ1) is 22.8. The van der Waals surface area contributed by atoms with Gasteiger partial charge in [-0.3, -0.25) is 4.79 Å². The summed E-state index contributed by atoms with van der Waals surface area (Å²) in [4.78, 5) is 13.7. The maximum absolute atomic E-state index is 13.7. The molecule has 1 aliphatic rings. The Hall–Kier alpha value is -2.87. The zero-order valence-electron chi connectivity index (χ0n) is 17.3. The number of aromatic nitrogens is 2. The number of anilines is 1. The maximum atomic E-state index is 13.7. The number of hydrogen-bond donors (Lipinski definition) is 1. The van der Waals surface area contributed by atoms with Gasteiger partial charge >= 0.3 is 6.61 Å². The first-order chi connectivity index (χ1) is 14.6. The molecule has 0 radical (unpaired) electrons. The summed E-state index contributed by atoms with van der Waals surface area (Å²) < 4.78 is 37.7. The molecule has 6 nitrogen and oxygen atoms in total. The van der Waals surface area contributed by atoms with Crippen molar-refractivity contribution < 1.29 is 23.0 Å². The average molecular weight is 452 g/mol. The Bertz CT molecular complexity index is 994. The van der Waals surface area contributed by atoms with E-state index < -0.39 is 18.1 Å². The van der Waals surface area contributed by atoms with Gasteiger partial charge in [-0.15, -0.1) is 13.2 Å². The number of nitrogens with one attached hydrogen (secondary N) is 1. The highest BCUT2D eigenvalue weighted by atomic mass is 35.5. The fourth-order valence-corrected chi connectivity index (χ4v) is 3.92. The lowest BCUT2D eigenvalue weighted by atomic mass is 9.86. The number of hydrogen-bond acceptors (Lipinski definition) is 4. The highest BCUT2D eigenvalue weighted by Gasteiger charge is 2.46. The van der Waals surface area contributed by atoms with Gasteiger partial charge in [-0.1, -0.05) is 37.6 Å². The van der Waals surface area contributed by atoms with Crippen LogP contribution in [0.25, 0.3) is 0 Å².